The van der Waals surface area contributed by atoms with E-state index in [2.05, 4.69) is 16.2 Å². The summed E-state index contributed by atoms with van der Waals surface area (Å²) in [6.07, 6.45) is 8.03. The van der Waals surface area contributed by atoms with Crippen LogP contribution in [0.15, 0.2) is 24.3 Å². The van der Waals surface area contributed by atoms with Gasteiger partial charge in [-0.15, -0.1) is 0 Å². The summed E-state index contributed by atoms with van der Waals surface area (Å²) in [5.41, 5.74) is 5.20. The first-order valence-corrected chi connectivity index (χ1v) is 10.4. The molecular formula is C21H26ClN3O3. The van der Waals surface area contributed by atoms with Crippen LogP contribution in [0.3, 0.4) is 0 Å². The molecule has 5 rings (SSSR count). The van der Waals surface area contributed by atoms with Crippen molar-refractivity contribution in [1.29, 1.82) is 0 Å². The predicted molar refractivity (Wildman–Crippen MR) is 105 cm³/mol. The number of benzene rings is 1. The van der Waals surface area contributed by atoms with E-state index in [0.717, 1.165) is 37.0 Å². The van der Waals surface area contributed by atoms with Crippen LogP contribution in [0.2, 0.25) is 5.02 Å². The lowest BCUT2D eigenvalue weighted by Crippen LogP contribution is -2.49. The highest BCUT2D eigenvalue weighted by molar-refractivity contribution is 6.30. The van der Waals surface area contributed by atoms with Gasteiger partial charge in [0.2, 0.25) is 5.91 Å². The van der Waals surface area contributed by atoms with Gasteiger partial charge in [-0.05, 0) is 86.0 Å². The van der Waals surface area contributed by atoms with Crippen LogP contribution in [0.1, 0.15) is 55.3 Å². The van der Waals surface area contributed by atoms with Crippen molar-refractivity contribution in [2.45, 2.75) is 44.9 Å². The van der Waals surface area contributed by atoms with Crippen molar-refractivity contribution < 1.29 is 14.4 Å². The Bertz CT molecular complexity index is 742. The van der Waals surface area contributed by atoms with Gasteiger partial charge in [0, 0.05) is 17.0 Å². The number of carbonyl (C=O) groups is 3. The van der Waals surface area contributed by atoms with E-state index < -0.39 is 11.8 Å². The molecule has 4 aliphatic rings. The molecule has 1 aromatic carbocycles. The minimum Gasteiger partial charge on any atom is -0.347 e. The van der Waals surface area contributed by atoms with Gasteiger partial charge in [0.15, 0.2) is 0 Å². The summed E-state index contributed by atoms with van der Waals surface area (Å²) in [5, 5.41) is 3.24. The Morgan fingerprint density at radius 1 is 0.893 bits per heavy atom. The van der Waals surface area contributed by atoms with Crippen LogP contribution in [0.5, 0.6) is 0 Å². The second kappa shape index (κ2) is 7.74. The van der Waals surface area contributed by atoms with Gasteiger partial charge >= 0.3 is 0 Å². The molecule has 4 fully saturated rings. The number of halogens is 1. The zero-order valence-electron chi connectivity index (χ0n) is 15.8. The molecule has 0 aromatic heterocycles. The molecule has 6 nitrogen and oxygen atoms in total. The van der Waals surface area contributed by atoms with Crippen molar-refractivity contribution in [3.63, 3.8) is 0 Å². The van der Waals surface area contributed by atoms with Crippen LogP contribution in [0.4, 0.5) is 0 Å². The Labute approximate surface area is 169 Å². The molecule has 4 bridgehead atoms. The van der Waals surface area contributed by atoms with E-state index >= 15 is 0 Å². The van der Waals surface area contributed by atoms with Crippen molar-refractivity contribution in [2.75, 3.05) is 6.54 Å². The monoisotopic (exact) mass is 403 g/mol. The lowest BCUT2D eigenvalue weighted by Gasteiger charge is -2.56. The molecule has 3 N–H and O–H groups in total. The van der Waals surface area contributed by atoms with Gasteiger partial charge < -0.3 is 5.32 Å². The number of carbonyl (C=O) groups excluding carboxylic acids is 3. The summed E-state index contributed by atoms with van der Waals surface area (Å²) in [6, 6.07) is 6.33. The summed E-state index contributed by atoms with van der Waals surface area (Å²) < 4.78 is 0. The van der Waals surface area contributed by atoms with Crippen molar-refractivity contribution >= 4 is 29.3 Å². The normalized spacial score (nSPS) is 30.0. The van der Waals surface area contributed by atoms with Gasteiger partial charge in [0.25, 0.3) is 11.8 Å². The SMILES string of the molecule is O=C(CC12CC3CC(CC(C3)C1)C2)NCC(=O)NNC(=O)c1ccc(Cl)cc1. The first-order valence-electron chi connectivity index (χ1n) is 10.0. The first kappa shape index (κ1) is 19.2. The van der Waals surface area contributed by atoms with Gasteiger partial charge in [-0.2, -0.15) is 0 Å². The highest BCUT2D eigenvalue weighted by Crippen LogP contribution is 2.61. The van der Waals surface area contributed by atoms with E-state index in [1.807, 2.05) is 0 Å². The number of nitrogens with one attached hydrogen (secondary N) is 3. The van der Waals surface area contributed by atoms with Crippen molar-refractivity contribution in [3.8, 4) is 0 Å². The lowest BCUT2D eigenvalue weighted by atomic mass is 9.49. The average Bonchev–Trinajstić information content (AvgIpc) is 2.63. The molecule has 7 heteroatoms. The van der Waals surface area contributed by atoms with Gasteiger partial charge in [-0.25, -0.2) is 0 Å². The summed E-state index contributed by atoms with van der Waals surface area (Å²) in [5.74, 6) is 1.42. The predicted octanol–water partition coefficient (Wildman–Crippen LogP) is 2.82. The minimum atomic E-state index is -0.457. The number of rotatable bonds is 5. The standard InChI is InChI=1S/C21H26ClN3O3/c22-17-3-1-16(2-4-17)20(28)25-24-19(27)12-23-18(26)11-21-8-13-5-14(9-21)7-15(6-13)10-21/h1-4,13-15H,5-12H2,(H,23,26)(H,24,27)(H,25,28). The Balaban J connectivity index is 1.20. The minimum absolute atomic E-state index is 0.0684. The number of hydrazine groups is 1. The van der Waals surface area contributed by atoms with Crippen LogP contribution >= 0.6 is 11.6 Å². The molecule has 0 heterocycles. The van der Waals surface area contributed by atoms with E-state index in [1.165, 1.54) is 19.3 Å². The van der Waals surface area contributed by atoms with Gasteiger partial charge in [0.05, 0.1) is 6.54 Å². The Morgan fingerprint density at radius 3 is 2.04 bits per heavy atom. The van der Waals surface area contributed by atoms with Gasteiger partial charge in [0.1, 0.15) is 0 Å². The molecule has 28 heavy (non-hydrogen) atoms. The molecule has 0 spiro atoms. The maximum Gasteiger partial charge on any atom is 0.269 e. The molecule has 0 unspecified atom stereocenters. The first-order chi connectivity index (χ1) is 13.4. The molecule has 4 saturated carbocycles. The van der Waals surface area contributed by atoms with Crippen LogP contribution in [0.25, 0.3) is 0 Å². The lowest BCUT2D eigenvalue weighted by molar-refractivity contribution is -0.132. The molecule has 4 aliphatic carbocycles. The van der Waals surface area contributed by atoms with Gasteiger partial charge in [-0.3, -0.25) is 25.2 Å². The number of hydrogen-bond donors (Lipinski definition) is 3. The third-order valence-electron chi connectivity index (χ3n) is 6.57. The van der Waals surface area contributed by atoms with Crippen molar-refractivity contribution in [3.05, 3.63) is 34.9 Å². The van der Waals surface area contributed by atoms with Crippen LogP contribution in [-0.4, -0.2) is 24.3 Å². The number of amides is 3. The highest BCUT2D eigenvalue weighted by Gasteiger charge is 2.51. The molecule has 0 saturated heterocycles. The zero-order valence-corrected chi connectivity index (χ0v) is 16.6. The van der Waals surface area contributed by atoms with E-state index in [1.54, 1.807) is 24.3 Å². The van der Waals surface area contributed by atoms with E-state index in [0.29, 0.717) is 17.0 Å². The van der Waals surface area contributed by atoms with Crippen LogP contribution in [0, 0.1) is 23.2 Å². The van der Waals surface area contributed by atoms with Crippen molar-refractivity contribution in [1.82, 2.24) is 16.2 Å². The van der Waals surface area contributed by atoms with Crippen LogP contribution in [-0.2, 0) is 9.59 Å². The summed E-state index contributed by atoms with van der Waals surface area (Å²) in [4.78, 5) is 36.3. The molecule has 0 radical (unpaired) electrons. The third kappa shape index (κ3) is 4.32. The molecule has 0 aliphatic heterocycles. The maximum absolute atomic E-state index is 12.4. The largest absolute Gasteiger partial charge is 0.347 e. The molecule has 0 atom stereocenters. The molecule has 3 amide bonds. The maximum atomic E-state index is 12.4. The number of hydrogen-bond acceptors (Lipinski definition) is 3. The Kier molecular flexibility index (Phi) is 5.32. The second-order valence-corrected chi connectivity index (χ2v) is 9.32. The molecule has 1 aromatic rings. The quantitative estimate of drug-likeness (QED) is 0.660. The fourth-order valence-electron chi connectivity index (χ4n) is 5.93. The van der Waals surface area contributed by atoms with E-state index in [-0.39, 0.29) is 17.9 Å². The smallest absolute Gasteiger partial charge is 0.269 e. The summed E-state index contributed by atoms with van der Waals surface area (Å²) in [6.45, 7) is -0.147. The second-order valence-electron chi connectivity index (χ2n) is 8.88. The summed E-state index contributed by atoms with van der Waals surface area (Å²) in [7, 11) is 0. The Hall–Kier alpha value is -2.08. The molecular weight excluding hydrogens is 378 g/mol. The fraction of sp³-hybridized carbons (Fsp3) is 0.571. The topological polar surface area (TPSA) is 87.3 Å². The zero-order chi connectivity index (χ0) is 19.7. The average molecular weight is 404 g/mol. The highest BCUT2D eigenvalue weighted by atomic mass is 35.5. The van der Waals surface area contributed by atoms with E-state index in [4.69, 9.17) is 11.6 Å². The van der Waals surface area contributed by atoms with Crippen LogP contribution < -0.4 is 16.2 Å². The van der Waals surface area contributed by atoms with Gasteiger partial charge in [-0.1, -0.05) is 11.6 Å². The Morgan fingerprint density at radius 2 is 1.46 bits per heavy atom. The van der Waals surface area contributed by atoms with E-state index in [9.17, 15) is 14.4 Å². The molecule has 150 valence electrons. The van der Waals surface area contributed by atoms with Crippen molar-refractivity contribution in [2.24, 2.45) is 23.2 Å². The third-order valence-corrected chi connectivity index (χ3v) is 6.82. The summed E-state index contributed by atoms with van der Waals surface area (Å²) >= 11 is 5.79. The fourth-order valence-corrected chi connectivity index (χ4v) is 6.06.